The number of carbonyl (C=O) groups is 3. The smallest absolute Gasteiger partial charge is 0.338 e. The Morgan fingerprint density at radius 1 is 1.07 bits per heavy atom. The van der Waals surface area contributed by atoms with Crippen molar-refractivity contribution in [2.75, 3.05) is 13.7 Å². The van der Waals surface area contributed by atoms with Gasteiger partial charge in [-0.05, 0) is 36.4 Å². The minimum atomic E-state index is -2.56. The Bertz CT molecular complexity index is 827. The highest BCUT2D eigenvalue weighted by molar-refractivity contribution is 7.99. The van der Waals surface area contributed by atoms with Gasteiger partial charge in [-0.15, -0.1) is 0 Å². The molecule has 0 atom stereocenters. The highest BCUT2D eigenvalue weighted by atomic mass is 32.2. The van der Waals surface area contributed by atoms with E-state index in [2.05, 4.69) is 5.32 Å². The first-order valence-corrected chi connectivity index (χ1v) is 8.48. The maximum atomic E-state index is 12.3. The fraction of sp³-hybridized carbons (Fsp3) is 0.167. The van der Waals surface area contributed by atoms with Crippen LogP contribution in [0.5, 0.6) is 5.75 Å². The highest BCUT2D eigenvalue weighted by Gasteiger charge is 2.16. The van der Waals surface area contributed by atoms with Crippen LogP contribution in [-0.2, 0) is 9.53 Å². The number of amides is 2. The molecular formula is C18H15F2NO5S. The van der Waals surface area contributed by atoms with Crippen molar-refractivity contribution in [3.8, 4) is 5.75 Å². The number of ether oxygens (including phenoxy) is 2. The second-order valence-electron chi connectivity index (χ2n) is 5.06. The van der Waals surface area contributed by atoms with Crippen molar-refractivity contribution < 1.29 is 32.6 Å². The molecule has 0 aromatic heterocycles. The number of esters is 1. The second-order valence-corrected chi connectivity index (χ2v) is 6.12. The minimum Gasteiger partial charge on any atom is -0.496 e. The Morgan fingerprint density at radius 2 is 1.74 bits per heavy atom. The predicted octanol–water partition coefficient (Wildman–Crippen LogP) is 3.12. The number of carbonyl (C=O) groups excluding carboxylic acids is 3. The zero-order valence-electron chi connectivity index (χ0n) is 14.1. The molecule has 2 aromatic rings. The van der Waals surface area contributed by atoms with Gasteiger partial charge in [0.25, 0.3) is 17.6 Å². The van der Waals surface area contributed by atoms with Gasteiger partial charge >= 0.3 is 5.97 Å². The van der Waals surface area contributed by atoms with E-state index in [4.69, 9.17) is 9.47 Å². The van der Waals surface area contributed by atoms with Crippen molar-refractivity contribution >= 4 is 29.5 Å². The molecule has 0 radical (unpaired) electrons. The first-order valence-electron chi connectivity index (χ1n) is 7.60. The average Bonchev–Trinajstić information content (AvgIpc) is 2.66. The molecule has 0 aliphatic carbocycles. The number of rotatable bonds is 7. The van der Waals surface area contributed by atoms with Crippen LogP contribution in [0.25, 0.3) is 0 Å². The van der Waals surface area contributed by atoms with E-state index >= 15 is 0 Å². The normalized spacial score (nSPS) is 10.4. The molecule has 1 N–H and O–H groups in total. The molecule has 2 rings (SSSR count). The van der Waals surface area contributed by atoms with Crippen molar-refractivity contribution in [3.05, 3.63) is 59.7 Å². The fourth-order valence-electron chi connectivity index (χ4n) is 2.05. The molecule has 9 heteroatoms. The van der Waals surface area contributed by atoms with Crippen LogP contribution in [-0.4, -0.2) is 37.3 Å². The lowest BCUT2D eigenvalue weighted by molar-refractivity contribution is -0.123. The van der Waals surface area contributed by atoms with E-state index in [1.807, 2.05) is 0 Å². The maximum absolute atomic E-state index is 12.3. The van der Waals surface area contributed by atoms with Gasteiger partial charge in [-0.25, -0.2) is 4.79 Å². The van der Waals surface area contributed by atoms with E-state index in [0.29, 0.717) is 22.4 Å². The molecule has 0 saturated heterocycles. The monoisotopic (exact) mass is 395 g/mol. The summed E-state index contributed by atoms with van der Waals surface area (Å²) < 4.78 is 34.4. The van der Waals surface area contributed by atoms with Gasteiger partial charge in [0.2, 0.25) is 0 Å². The van der Waals surface area contributed by atoms with Crippen LogP contribution in [0.4, 0.5) is 8.78 Å². The number of methoxy groups -OCH3 is 1. The summed E-state index contributed by atoms with van der Waals surface area (Å²) >= 11 is 0.348. The first kappa shape index (κ1) is 20.4. The van der Waals surface area contributed by atoms with E-state index in [1.165, 1.54) is 37.4 Å². The summed E-state index contributed by atoms with van der Waals surface area (Å²) in [5.74, 6) is -4.59. The van der Waals surface area contributed by atoms with Crippen LogP contribution in [0.2, 0.25) is 0 Å². The third kappa shape index (κ3) is 6.07. The van der Waals surface area contributed by atoms with Crippen LogP contribution in [0.1, 0.15) is 20.7 Å². The number of para-hydroxylation sites is 1. The third-order valence-electron chi connectivity index (χ3n) is 3.25. The molecule has 0 aliphatic rings. The lowest BCUT2D eigenvalue weighted by Crippen LogP contribution is -2.34. The molecule has 0 saturated carbocycles. The van der Waals surface area contributed by atoms with Crippen molar-refractivity contribution in [1.29, 1.82) is 0 Å². The molecule has 0 spiro atoms. The Kier molecular flexibility index (Phi) is 7.30. The van der Waals surface area contributed by atoms with Gasteiger partial charge in [0.15, 0.2) is 6.61 Å². The van der Waals surface area contributed by atoms with Crippen molar-refractivity contribution in [3.63, 3.8) is 0 Å². The first-order chi connectivity index (χ1) is 12.9. The largest absolute Gasteiger partial charge is 0.496 e. The number of nitrogens with one attached hydrogen (secondary N) is 1. The zero-order chi connectivity index (χ0) is 19.8. The molecule has 27 heavy (non-hydrogen) atoms. The predicted molar refractivity (Wildman–Crippen MR) is 94.1 cm³/mol. The molecule has 0 aliphatic heterocycles. The number of alkyl halides is 2. The van der Waals surface area contributed by atoms with E-state index in [1.54, 1.807) is 18.2 Å². The van der Waals surface area contributed by atoms with Gasteiger partial charge in [0, 0.05) is 4.90 Å². The van der Waals surface area contributed by atoms with Crippen LogP contribution < -0.4 is 10.1 Å². The van der Waals surface area contributed by atoms with E-state index in [0.717, 1.165) is 0 Å². The molecule has 6 nitrogen and oxygen atoms in total. The van der Waals surface area contributed by atoms with Gasteiger partial charge in [0.05, 0.1) is 18.2 Å². The Hall–Kier alpha value is -2.94. The molecule has 0 unspecified atom stereocenters. The van der Waals surface area contributed by atoms with Gasteiger partial charge in [-0.2, -0.15) is 8.78 Å². The fourth-order valence-corrected chi connectivity index (χ4v) is 2.55. The average molecular weight is 395 g/mol. The highest BCUT2D eigenvalue weighted by Crippen LogP contribution is 2.25. The minimum absolute atomic E-state index is 0.0949. The SMILES string of the molecule is COc1ccccc1C(=O)NC(=O)COC(=O)c1ccc(SC(F)F)cc1. The molecule has 142 valence electrons. The molecule has 0 bridgehead atoms. The molecule has 2 aromatic carbocycles. The van der Waals surface area contributed by atoms with Gasteiger partial charge in [0.1, 0.15) is 5.75 Å². The summed E-state index contributed by atoms with van der Waals surface area (Å²) in [6, 6.07) is 11.6. The summed E-state index contributed by atoms with van der Waals surface area (Å²) in [6.07, 6.45) is 0. The van der Waals surface area contributed by atoms with Crippen molar-refractivity contribution in [1.82, 2.24) is 5.32 Å². The molecule has 0 heterocycles. The third-order valence-corrected chi connectivity index (χ3v) is 3.98. The summed E-state index contributed by atoms with van der Waals surface area (Å²) in [7, 11) is 1.39. The van der Waals surface area contributed by atoms with Crippen LogP contribution in [0, 0.1) is 0 Å². The summed E-state index contributed by atoms with van der Waals surface area (Å²) in [6.45, 7) is -0.673. The Balaban J connectivity index is 1.87. The number of halogens is 2. The van der Waals surface area contributed by atoms with Crippen molar-refractivity contribution in [2.45, 2.75) is 10.7 Å². The topological polar surface area (TPSA) is 81.7 Å². The van der Waals surface area contributed by atoms with Crippen LogP contribution >= 0.6 is 11.8 Å². The van der Waals surface area contributed by atoms with Gasteiger partial charge < -0.3 is 9.47 Å². The lowest BCUT2D eigenvalue weighted by atomic mass is 10.2. The van der Waals surface area contributed by atoms with E-state index < -0.39 is 30.1 Å². The number of thioether (sulfide) groups is 1. The maximum Gasteiger partial charge on any atom is 0.338 e. The van der Waals surface area contributed by atoms with Gasteiger partial charge in [-0.1, -0.05) is 23.9 Å². The molecule has 0 fully saturated rings. The summed E-state index contributed by atoms with van der Waals surface area (Å²) in [5.41, 5.74) is 0.254. The number of benzene rings is 2. The van der Waals surface area contributed by atoms with E-state index in [9.17, 15) is 23.2 Å². The number of imide groups is 1. The summed E-state index contributed by atoms with van der Waals surface area (Å²) in [4.78, 5) is 36.0. The lowest BCUT2D eigenvalue weighted by Gasteiger charge is -2.09. The van der Waals surface area contributed by atoms with Crippen LogP contribution in [0.15, 0.2) is 53.4 Å². The molecular weight excluding hydrogens is 380 g/mol. The number of hydrogen-bond donors (Lipinski definition) is 1. The van der Waals surface area contributed by atoms with Crippen molar-refractivity contribution in [2.24, 2.45) is 0 Å². The quantitative estimate of drug-likeness (QED) is 0.573. The van der Waals surface area contributed by atoms with Gasteiger partial charge in [-0.3, -0.25) is 14.9 Å². The second kappa shape index (κ2) is 9.67. The van der Waals surface area contributed by atoms with Crippen LogP contribution in [0.3, 0.4) is 0 Å². The Labute approximate surface area is 157 Å². The summed E-state index contributed by atoms with van der Waals surface area (Å²) in [5, 5.41) is 2.09. The number of hydrogen-bond acceptors (Lipinski definition) is 6. The zero-order valence-corrected chi connectivity index (χ0v) is 14.9. The van der Waals surface area contributed by atoms with E-state index in [-0.39, 0.29) is 11.1 Å². The molecule has 2 amide bonds. The standard InChI is InChI=1S/C18H15F2NO5S/c1-25-14-5-3-2-4-13(14)16(23)21-15(22)10-26-17(24)11-6-8-12(9-7-11)27-18(19)20/h2-9,18H,10H2,1H3,(H,21,22,23). The Morgan fingerprint density at radius 3 is 2.37 bits per heavy atom.